The molecule has 0 amide bonds. The second-order valence-corrected chi connectivity index (χ2v) is 7.01. The third-order valence-corrected chi connectivity index (χ3v) is 4.48. The van der Waals surface area contributed by atoms with Gasteiger partial charge < -0.3 is 14.6 Å². The topological polar surface area (TPSA) is 72.8 Å². The zero-order valence-corrected chi connectivity index (χ0v) is 18.1. The summed E-state index contributed by atoms with van der Waals surface area (Å²) < 4.78 is 10.3. The Hall–Kier alpha value is -2.82. The van der Waals surface area contributed by atoms with Crippen LogP contribution in [-0.4, -0.2) is 30.8 Å². The summed E-state index contributed by atoms with van der Waals surface area (Å²) in [7, 11) is 1.41. The molecule has 2 aromatic rings. The molecule has 2 rings (SSSR count). The molecule has 0 heterocycles. The summed E-state index contributed by atoms with van der Waals surface area (Å²) in [5.74, 6) is -0.0291. The second kappa shape index (κ2) is 16.0. The van der Waals surface area contributed by atoms with E-state index in [1.807, 2.05) is 54.6 Å². The van der Waals surface area contributed by atoms with Gasteiger partial charge in [-0.3, -0.25) is 9.59 Å². The Labute approximate surface area is 180 Å². The highest BCUT2D eigenvalue weighted by molar-refractivity contribution is 5.69. The van der Waals surface area contributed by atoms with E-state index in [-0.39, 0.29) is 12.4 Å². The molecule has 0 aliphatic rings. The minimum absolute atomic E-state index is 0.175. The Kier molecular flexibility index (Phi) is 13.5. The number of hydrogen-bond donors (Lipinski definition) is 1. The summed E-state index contributed by atoms with van der Waals surface area (Å²) >= 11 is 0. The molecule has 0 fully saturated rings. The number of aryl methyl sites for hydroxylation is 2. The van der Waals surface area contributed by atoms with Gasteiger partial charge in [0.1, 0.15) is 5.75 Å². The first-order valence-electron chi connectivity index (χ1n) is 10.6. The fraction of sp³-hybridized carbons (Fsp3) is 0.440. The van der Waals surface area contributed by atoms with Crippen molar-refractivity contribution >= 4 is 11.9 Å². The highest BCUT2D eigenvalue weighted by Gasteiger charge is 2.02. The van der Waals surface area contributed by atoms with E-state index >= 15 is 0 Å². The maximum Gasteiger partial charge on any atom is 0.305 e. The molecule has 0 aromatic heterocycles. The first-order valence-corrected chi connectivity index (χ1v) is 10.6. The zero-order valence-electron chi connectivity index (χ0n) is 18.1. The molecular formula is C25H34O5. The molecule has 5 heteroatoms. The maximum absolute atomic E-state index is 11.1. The van der Waals surface area contributed by atoms with Gasteiger partial charge in [-0.2, -0.15) is 0 Å². The molecule has 0 unspecified atom stereocenters. The van der Waals surface area contributed by atoms with Crippen molar-refractivity contribution in [3.63, 3.8) is 0 Å². The molecule has 0 atom stereocenters. The Balaban J connectivity index is 0.000000346. The Morgan fingerprint density at radius 2 is 1.57 bits per heavy atom. The molecule has 164 valence electrons. The van der Waals surface area contributed by atoms with Crippen LogP contribution in [0.25, 0.3) is 0 Å². The van der Waals surface area contributed by atoms with Crippen molar-refractivity contribution in [2.24, 2.45) is 0 Å². The number of methoxy groups -OCH3 is 1. The molecule has 1 N–H and O–H groups in total. The number of hydrogen-bond acceptors (Lipinski definition) is 4. The minimum atomic E-state index is -0.742. The van der Waals surface area contributed by atoms with Gasteiger partial charge in [0.15, 0.2) is 0 Å². The van der Waals surface area contributed by atoms with E-state index < -0.39 is 5.97 Å². The molecule has 0 radical (unpaired) electrons. The number of carbonyl (C=O) groups is 2. The first-order chi connectivity index (χ1) is 14.5. The number of unbranched alkanes of at least 4 members (excludes halogenated alkanes) is 3. The van der Waals surface area contributed by atoms with Crippen LogP contribution in [0.1, 0.15) is 56.6 Å². The summed E-state index contributed by atoms with van der Waals surface area (Å²) in [4.78, 5) is 21.3. The van der Waals surface area contributed by atoms with Crippen LogP contribution < -0.4 is 4.74 Å². The standard InChI is InChI=1S/C16H24O3.C9H10O2/c1-3-4-5-6-12-19-15-9-7-8-14(13-15)10-11-16(17)18-2;10-9(11)7-6-8-4-2-1-3-5-8/h7-9,13H,3-6,10-12H2,1-2H3;1-5H,6-7H2,(H,10,11). The van der Waals surface area contributed by atoms with Crippen molar-refractivity contribution in [3.8, 4) is 5.75 Å². The van der Waals surface area contributed by atoms with Gasteiger partial charge in [-0.1, -0.05) is 68.7 Å². The van der Waals surface area contributed by atoms with Gasteiger partial charge in [0.05, 0.1) is 13.7 Å². The normalized spacial score (nSPS) is 9.93. The van der Waals surface area contributed by atoms with E-state index in [2.05, 4.69) is 11.7 Å². The highest BCUT2D eigenvalue weighted by Crippen LogP contribution is 2.15. The average Bonchev–Trinajstić information content (AvgIpc) is 2.77. The van der Waals surface area contributed by atoms with Gasteiger partial charge in [-0.05, 0) is 42.5 Å². The number of esters is 1. The Morgan fingerprint density at radius 1 is 0.867 bits per heavy atom. The maximum atomic E-state index is 11.1. The summed E-state index contributed by atoms with van der Waals surface area (Å²) in [6.45, 7) is 2.96. The number of aliphatic carboxylic acids is 1. The van der Waals surface area contributed by atoms with Crippen LogP contribution in [0.15, 0.2) is 54.6 Å². The molecule has 30 heavy (non-hydrogen) atoms. The van der Waals surface area contributed by atoms with Crippen molar-refractivity contribution in [3.05, 3.63) is 65.7 Å². The largest absolute Gasteiger partial charge is 0.494 e. The fourth-order valence-electron chi connectivity index (χ4n) is 2.75. The Bertz CT molecular complexity index is 727. The second-order valence-electron chi connectivity index (χ2n) is 7.01. The van der Waals surface area contributed by atoms with Crippen molar-refractivity contribution < 1.29 is 24.2 Å². The third-order valence-electron chi connectivity index (χ3n) is 4.48. The molecule has 5 nitrogen and oxygen atoms in total. The zero-order chi connectivity index (χ0) is 22.0. The van der Waals surface area contributed by atoms with Crippen molar-refractivity contribution in [2.45, 2.75) is 58.3 Å². The number of carboxylic acid groups (broad SMARTS) is 1. The van der Waals surface area contributed by atoms with Crippen molar-refractivity contribution in [1.82, 2.24) is 0 Å². The van der Waals surface area contributed by atoms with Gasteiger partial charge in [0.25, 0.3) is 0 Å². The van der Waals surface area contributed by atoms with E-state index in [1.165, 1.54) is 26.4 Å². The first kappa shape index (κ1) is 25.2. The van der Waals surface area contributed by atoms with Crippen LogP contribution >= 0.6 is 0 Å². The van der Waals surface area contributed by atoms with E-state index in [0.29, 0.717) is 19.3 Å². The van der Waals surface area contributed by atoms with Crippen molar-refractivity contribution in [1.29, 1.82) is 0 Å². The van der Waals surface area contributed by atoms with Gasteiger partial charge in [-0.15, -0.1) is 0 Å². The average molecular weight is 415 g/mol. The summed E-state index contributed by atoms with van der Waals surface area (Å²) in [5.41, 5.74) is 2.19. The summed E-state index contributed by atoms with van der Waals surface area (Å²) in [6.07, 6.45) is 6.76. The van der Waals surface area contributed by atoms with Gasteiger partial charge in [-0.25, -0.2) is 0 Å². The predicted molar refractivity (Wildman–Crippen MR) is 119 cm³/mol. The highest BCUT2D eigenvalue weighted by atomic mass is 16.5. The van der Waals surface area contributed by atoms with E-state index in [0.717, 1.165) is 29.9 Å². The molecular weight excluding hydrogens is 380 g/mol. The van der Waals surface area contributed by atoms with Crippen LogP contribution in [-0.2, 0) is 27.2 Å². The lowest BCUT2D eigenvalue weighted by Gasteiger charge is -2.07. The van der Waals surface area contributed by atoms with Crippen LogP contribution in [0.2, 0.25) is 0 Å². The molecule has 0 saturated carbocycles. The van der Waals surface area contributed by atoms with Crippen LogP contribution in [0.4, 0.5) is 0 Å². The molecule has 0 saturated heterocycles. The third kappa shape index (κ3) is 12.6. The molecule has 0 aliphatic heterocycles. The number of ether oxygens (including phenoxy) is 2. The predicted octanol–water partition coefficient (Wildman–Crippen LogP) is 5.46. The number of carbonyl (C=O) groups excluding carboxylic acids is 1. The van der Waals surface area contributed by atoms with E-state index in [4.69, 9.17) is 9.84 Å². The lowest BCUT2D eigenvalue weighted by Crippen LogP contribution is -2.02. The number of carboxylic acids is 1. The SMILES string of the molecule is CCCCCCOc1cccc(CCC(=O)OC)c1.O=C(O)CCc1ccccc1. The van der Waals surface area contributed by atoms with Gasteiger partial charge in [0.2, 0.25) is 0 Å². The quantitative estimate of drug-likeness (QED) is 0.369. The van der Waals surface area contributed by atoms with E-state index in [1.54, 1.807) is 0 Å². The lowest BCUT2D eigenvalue weighted by atomic mass is 10.1. The molecule has 2 aromatic carbocycles. The molecule has 0 spiro atoms. The van der Waals surface area contributed by atoms with Gasteiger partial charge >= 0.3 is 11.9 Å². The number of rotatable bonds is 12. The van der Waals surface area contributed by atoms with Crippen LogP contribution in [0.5, 0.6) is 5.75 Å². The summed E-state index contributed by atoms with van der Waals surface area (Å²) in [6, 6.07) is 17.6. The molecule has 0 bridgehead atoms. The fourth-order valence-corrected chi connectivity index (χ4v) is 2.75. The van der Waals surface area contributed by atoms with Crippen LogP contribution in [0, 0.1) is 0 Å². The Morgan fingerprint density at radius 3 is 2.23 bits per heavy atom. The minimum Gasteiger partial charge on any atom is -0.494 e. The molecule has 0 aliphatic carbocycles. The monoisotopic (exact) mass is 414 g/mol. The smallest absolute Gasteiger partial charge is 0.305 e. The van der Waals surface area contributed by atoms with Crippen molar-refractivity contribution in [2.75, 3.05) is 13.7 Å². The number of benzene rings is 2. The van der Waals surface area contributed by atoms with Gasteiger partial charge in [0, 0.05) is 12.8 Å². The van der Waals surface area contributed by atoms with E-state index in [9.17, 15) is 9.59 Å². The summed E-state index contributed by atoms with van der Waals surface area (Å²) in [5, 5.41) is 8.37. The van der Waals surface area contributed by atoms with Crippen LogP contribution in [0.3, 0.4) is 0 Å². The lowest BCUT2D eigenvalue weighted by molar-refractivity contribution is -0.140.